The Labute approximate surface area is 200 Å². The van der Waals surface area contributed by atoms with Crippen LogP contribution in [-0.2, 0) is 27.3 Å². The van der Waals surface area contributed by atoms with Crippen molar-refractivity contribution in [2.75, 3.05) is 20.2 Å². The van der Waals surface area contributed by atoms with Crippen LogP contribution >= 0.6 is 0 Å². The zero-order valence-electron chi connectivity index (χ0n) is 19.8. The molecule has 8 heteroatoms. The second-order valence-electron chi connectivity index (χ2n) is 8.69. The van der Waals surface area contributed by atoms with Gasteiger partial charge in [-0.25, -0.2) is 0 Å². The SMILES string of the molecule is COc1ccc(CNC(=O)[C@H](C)NC(=O)C2CCN(C(=O)[C@@H](N)Cc3ccccc3)CC2)cc1. The van der Waals surface area contributed by atoms with Crippen molar-refractivity contribution in [1.82, 2.24) is 15.5 Å². The summed E-state index contributed by atoms with van der Waals surface area (Å²) in [5.41, 5.74) is 8.10. The molecule has 3 amide bonds. The van der Waals surface area contributed by atoms with E-state index >= 15 is 0 Å². The van der Waals surface area contributed by atoms with E-state index in [1.165, 1.54) is 0 Å². The van der Waals surface area contributed by atoms with Crippen molar-refractivity contribution < 1.29 is 19.1 Å². The summed E-state index contributed by atoms with van der Waals surface area (Å²) < 4.78 is 5.13. The van der Waals surface area contributed by atoms with Gasteiger partial charge >= 0.3 is 0 Å². The smallest absolute Gasteiger partial charge is 0.242 e. The molecule has 2 atom stereocenters. The molecule has 0 spiro atoms. The van der Waals surface area contributed by atoms with Crippen molar-refractivity contribution >= 4 is 17.7 Å². The number of ether oxygens (including phenoxy) is 1. The van der Waals surface area contributed by atoms with E-state index in [0.29, 0.717) is 38.9 Å². The Bertz CT molecular complexity index is 957. The molecule has 1 heterocycles. The molecule has 2 aromatic rings. The Balaban J connectivity index is 1.40. The first kappa shape index (κ1) is 25.2. The maximum Gasteiger partial charge on any atom is 0.242 e. The van der Waals surface area contributed by atoms with E-state index in [-0.39, 0.29) is 23.6 Å². The standard InChI is InChI=1S/C26H34N4O4/c1-18(24(31)28-17-20-8-10-22(34-2)11-9-20)29-25(32)21-12-14-30(15-13-21)26(33)23(27)16-19-6-4-3-5-7-19/h3-11,18,21,23H,12-17,27H2,1-2H3,(H,28,31)(H,29,32)/t18-,23-/m0/s1. The summed E-state index contributed by atoms with van der Waals surface area (Å²) in [7, 11) is 1.60. The van der Waals surface area contributed by atoms with Crippen molar-refractivity contribution in [3.05, 3.63) is 65.7 Å². The van der Waals surface area contributed by atoms with E-state index in [0.717, 1.165) is 16.9 Å². The molecule has 1 fully saturated rings. The first-order chi connectivity index (χ1) is 16.4. The van der Waals surface area contributed by atoms with Gasteiger partial charge in [0.05, 0.1) is 13.2 Å². The molecule has 4 N–H and O–H groups in total. The number of benzene rings is 2. The van der Waals surface area contributed by atoms with Gasteiger partial charge in [0.1, 0.15) is 11.8 Å². The lowest BCUT2D eigenvalue weighted by Gasteiger charge is -2.33. The fraction of sp³-hybridized carbons (Fsp3) is 0.423. The number of amides is 3. The van der Waals surface area contributed by atoms with E-state index in [1.807, 2.05) is 54.6 Å². The number of rotatable bonds is 9. The molecule has 182 valence electrons. The van der Waals surface area contributed by atoms with Crippen LogP contribution in [0.5, 0.6) is 5.75 Å². The minimum absolute atomic E-state index is 0.0889. The first-order valence-electron chi connectivity index (χ1n) is 11.7. The third-order valence-electron chi connectivity index (χ3n) is 6.17. The zero-order valence-corrected chi connectivity index (χ0v) is 19.8. The molecule has 0 aromatic heterocycles. The van der Waals surface area contributed by atoms with Crippen molar-refractivity contribution in [2.24, 2.45) is 11.7 Å². The fourth-order valence-electron chi connectivity index (χ4n) is 4.03. The number of nitrogens with zero attached hydrogens (tertiary/aromatic N) is 1. The number of carbonyl (C=O) groups excluding carboxylic acids is 3. The maximum absolute atomic E-state index is 12.7. The highest BCUT2D eigenvalue weighted by atomic mass is 16.5. The van der Waals surface area contributed by atoms with Gasteiger partial charge in [-0.1, -0.05) is 42.5 Å². The van der Waals surface area contributed by atoms with Gasteiger partial charge in [-0.15, -0.1) is 0 Å². The molecule has 2 aromatic carbocycles. The van der Waals surface area contributed by atoms with Gasteiger partial charge in [0.2, 0.25) is 17.7 Å². The monoisotopic (exact) mass is 466 g/mol. The minimum atomic E-state index is -0.648. The van der Waals surface area contributed by atoms with E-state index in [1.54, 1.807) is 18.9 Å². The summed E-state index contributed by atoms with van der Waals surface area (Å²) in [5.74, 6) is 0.0262. The van der Waals surface area contributed by atoms with Crippen LogP contribution in [0.2, 0.25) is 0 Å². The van der Waals surface area contributed by atoms with Crippen LogP contribution in [0.1, 0.15) is 30.9 Å². The second kappa shape index (κ2) is 12.2. The Morgan fingerprint density at radius 1 is 1.03 bits per heavy atom. The highest BCUT2D eigenvalue weighted by Crippen LogP contribution is 2.19. The van der Waals surface area contributed by atoms with Crippen LogP contribution in [0.3, 0.4) is 0 Å². The summed E-state index contributed by atoms with van der Waals surface area (Å²) in [5, 5.41) is 5.64. The van der Waals surface area contributed by atoms with Crippen molar-refractivity contribution in [1.29, 1.82) is 0 Å². The van der Waals surface area contributed by atoms with Gasteiger partial charge in [-0.05, 0) is 49.4 Å². The number of nitrogens with one attached hydrogen (secondary N) is 2. The number of methoxy groups -OCH3 is 1. The lowest BCUT2D eigenvalue weighted by molar-refractivity contribution is -0.137. The molecule has 1 aliphatic heterocycles. The number of hydrogen-bond donors (Lipinski definition) is 3. The summed E-state index contributed by atoms with van der Waals surface area (Å²) in [4.78, 5) is 39.5. The third-order valence-corrected chi connectivity index (χ3v) is 6.17. The fourth-order valence-corrected chi connectivity index (χ4v) is 4.03. The molecule has 0 aliphatic carbocycles. The van der Waals surface area contributed by atoms with E-state index in [4.69, 9.17) is 10.5 Å². The second-order valence-corrected chi connectivity index (χ2v) is 8.69. The minimum Gasteiger partial charge on any atom is -0.497 e. The highest BCUT2D eigenvalue weighted by Gasteiger charge is 2.30. The molecule has 1 aliphatic rings. The average molecular weight is 467 g/mol. The topological polar surface area (TPSA) is 114 Å². The van der Waals surface area contributed by atoms with E-state index in [2.05, 4.69) is 10.6 Å². The van der Waals surface area contributed by atoms with Crippen LogP contribution < -0.4 is 21.1 Å². The number of carbonyl (C=O) groups is 3. The molecular weight excluding hydrogens is 432 g/mol. The molecule has 0 bridgehead atoms. The molecule has 0 unspecified atom stereocenters. The number of hydrogen-bond acceptors (Lipinski definition) is 5. The molecule has 3 rings (SSSR count). The molecule has 0 saturated carbocycles. The molecule has 0 radical (unpaired) electrons. The highest BCUT2D eigenvalue weighted by molar-refractivity contribution is 5.88. The largest absolute Gasteiger partial charge is 0.497 e. The molecular formula is C26H34N4O4. The van der Waals surface area contributed by atoms with Crippen LogP contribution in [0.15, 0.2) is 54.6 Å². The Morgan fingerprint density at radius 3 is 2.29 bits per heavy atom. The van der Waals surface area contributed by atoms with Crippen molar-refractivity contribution in [2.45, 2.75) is 44.8 Å². The molecule has 34 heavy (non-hydrogen) atoms. The van der Waals surface area contributed by atoms with Crippen LogP contribution in [0, 0.1) is 5.92 Å². The number of likely N-dealkylation sites (tertiary alicyclic amines) is 1. The Hall–Kier alpha value is -3.39. The molecule has 8 nitrogen and oxygen atoms in total. The summed E-state index contributed by atoms with van der Waals surface area (Å²) in [6.45, 7) is 3.00. The van der Waals surface area contributed by atoms with Gasteiger partial charge < -0.3 is 26.0 Å². The normalized spacial score (nSPS) is 15.8. The van der Waals surface area contributed by atoms with Gasteiger partial charge in [0.25, 0.3) is 0 Å². The summed E-state index contributed by atoms with van der Waals surface area (Å²) >= 11 is 0. The Morgan fingerprint density at radius 2 is 1.68 bits per heavy atom. The average Bonchev–Trinajstić information content (AvgIpc) is 2.87. The first-order valence-corrected chi connectivity index (χ1v) is 11.7. The third kappa shape index (κ3) is 7.05. The summed E-state index contributed by atoms with van der Waals surface area (Å²) in [6.07, 6.45) is 1.59. The van der Waals surface area contributed by atoms with E-state index in [9.17, 15) is 14.4 Å². The molecule has 1 saturated heterocycles. The summed E-state index contributed by atoms with van der Waals surface area (Å²) in [6, 6.07) is 15.9. The van der Waals surface area contributed by atoms with Gasteiger partial charge in [0, 0.05) is 25.6 Å². The van der Waals surface area contributed by atoms with Crippen molar-refractivity contribution in [3.63, 3.8) is 0 Å². The number of piperidine rings is 1. The van der Waals surface area contributed by atoms with Gasteiger partial charge in [-0.2, -0.15) is 0 Å². The lowest BCUT2D eigenvalue weighted by Crippen LogP contribution is -2.51. The predicted octanol–water partition coefficient (Wildman–Crippen LogP) is 1.62. The maximum atomic E-state index is 12.7. The predicted molar refractivity (Wildman–Crippen MR) is 130 cm³/mol. The van der Waals surface area contributed by atoms with Crippen LogP contribution in [0.25, 0.3) is 0 Å². The van der Waals surface area contributed by atoms with Crippen LogP contribution in [-0.4, -0.2) is 54.9 Å². The van der Waals surface area contributed by atoms with E-state index < -0.39 is 12.1 Å². The Kier molecular flexibility index (Phi) is 9.04. The van der Waals surface area contributed by atoms with Crippen LogP contribution in [0.4, 0.5) is 0 Å². The number of nitrogens with two attached hydrogens (primary N) is 1. The van der Waals surface area contributed by atoms with Gasteiger partial charge in [0.15, 0.2) is 0 Å². The van der Waals surface area contributed by atoms with Crippen molar-refractivity contribution in [3.8, 4) is 5.75 Å². The quantitative estimate of drug-likeness (QED) is 0.520. The zero-order chi connectivity index (χ0) is 24.5. The lowest BCUT2D eigenvalue weighted by atomic mass is 9.94. The van der Waals surface area contributed by atoms with Gasteiger partial charge in [-0.3, -0.25) is 14.4 Å².